The number of carbonyl (C=O) groups excluding carboxylic acids is 3. The van der Waals surface area contributed by atoms with Gasteiger partial charge in [-0.1, -0.05) is 0 Å². The second kappa shape index (κ2) is 8.75. The molecule has 0 aliphatic carbocycles. The minimum Gasteiger partial charge on any atom is -0.465 e. The number of hydrogen-bond acceptors (Lipinski definition) is 5. The van der Waals surface area contributed by atoms with Crippen LogP contribution in [0.15, 0.2) is 67.0 Å². The molecule has 148 valence electrons. The summed E-state index contributed by atoms with van der Waals surface area (Å²) in [6.07, 6.45) is 3.83. The highest BCUT2D eigenvalue weighted by Gasteiger charge is 2.17. The van der Waals surface area contributed by atoms with E-state index in [1.165, 1.54) is 32.4 Å². The smallest absolute Gasteiger partial charge is 0.339 e. The van der Waals surface area contributed by atoms with Crippen molar-refractivity contribution in [3.05, 3.63) is 78.1 Å². The number of methoxy groups -OCH3 is 2. The van der Waals surface area contributed by atoms with Crippen LogP contribution in [0.3, 0.4) is 0 Å². The number of benzene rings is 2. The number of hydrogen-bond donors (Lipinski definition) is 2. The summed E-state index contributed by atoms with van der Waals surface area (Å²) in [5.74, 6) is -1.24. The first-order valence-corrected chi connectivity index (χ1v) is 8.64. The van der Waals surface area contributed by atoms with Gasteiger partial charge in [0, 0.05) is 23.8 Å². The first-order chi connectivity index (χ1) is 14.0. The molecule has 2 aromatic carbocycles. The maximum absolute atomic E-state index is 12.4. The van der Waals surface area contributed by atoms with Crippen molar-refractivity contribution >= 4 is 29.3 Å². The SMILES string of the molecule is COC(=O)c1ccc(C(=O)OC)c(NC(=O)Nc2ccc(-n3cccc3)cc2)c1. The topological polar surface area (TPSA) is 98.7 Å². The third-order valence-electron chi connectivity index (χ3n) is 4.12. The van der Waals surface area contributed by atoms with E-state index >= 15 is 0 Å². The highest BCUT2D eigenvalue weighted by atomic mass is 16.5. The van der Waals surface area contributed by atoms with Crippen molar-refractivity contribution in [3.8, 4) is 5.69 Å². The van der Waals surface area contributed by atoms with Crippen molar-refractivity contribution in [2.75, 3.05) is 24.9 Å². The van der Waals surface area contributed by atoms with E-state index in [1.54, 1.807) is 12.1 Å². The largest absolute Gasteiger partial charge is 0.465 e. The van der Waals surface area contributed by atoms with Crippen molar-refractivity contribution in [3.63, 3.8) is 0 Å². The Kier molecular flexibility index (Phi) is 5.94. The number of aromatic nitrogens is 1. The van der Waals surface area contributed by atoms with Gasteiger partial charge in [-0.25, -0.2) is 14.4 Å². The molecule has 0 aliphatic heterocycles. The van der Waals surface area contributed by atoms with Gasteiger partial charge >= 0.3 is 18.0 Å². The predicted molar refractivity (Wildman–Crippen MR) is 108 cm³/mol. The summed E-state index contributed by atoms with van der Waals surface area (Å²) in [6.45, 7) is 0. The minimum atomic E-state index is -0.646. The van der Waals surface area contributed by atoms with E-state index in [2.05, 4.69) is 15.4 Å². The van der Waals surface area contributed by atoms with E-state index in [9.17, 15) is 14.4 Å². The standard InChI is InChI=1S/C21H19N3O5/c1-28-19(25)14-5-10-17(20(26)29-2)18(13-14)23-21(27)22-15-6-8-16(9-7-15)24-11-3-4-12-24/h3-13H,1-2H3,(H2,22,23,27). The van der Waals surface area contributed by atoms with Crippen LogP contribution in [0, 0.1) is 0 Å². The van der Waals surface area contributed by atoms with Gasteiger partial charge in [0.1, 0.15) is 0 Å². The molecule has 3 rings (SSSR count). The van der Waals surface area contributed by atoms with E-state index in [4.69, 9.17) is 4.74 Å². The minimum absolute atomic E-state index is 0.109. The van der Waals surface area contributed by atoms with Crippen LogP contribution in [0.4, 0.5) is 16.2 Å². The number of nitrogens with zero attached hydrogens (tertiary/aromatic N) is 1. The fraction of sp³-hybridized carbons (Fsp3) is 0.0952. The lowest BCUT2D eigenvalue weighted by molar-refractivity contribution is 0.0587. The summed E-state index contributed by atoms with van der Waals surface area (Å²) in [5.41, 5.74) is 1.92. The Morgan fingerprint density at radius 1 is 0.828 bits per heavy atom. The molecule has 0 spiro atoms. The molecule has 0 radical (unpaired) electrons. The summed E-state index contributed by atoms with van der Waals surface area (Å²) in [6, 6.07) is 14.6. The van der Waals surface area contributed by atoms with E-state index < -0.39 is 18.0 Å². The van der Waals surface area contributed by atoms with Gasteiger partial charge in [0.15, 0.2) is 0 Å². The number of nitrogens with one attached hydrogen (secondary N) is 2. The summed E-state index contributed by atoms with van der Waals surface area (Å²) in [4.78, 5) is 36.1. The first kappa shape index (κ1) is 19.7. The monoisotopic (exact) mass is 393 g/mol. The zero-order chi connectivity index (χ0) is 20.8. The average molecular weight is 393 g/mol. The Bertz CT molecular complexity index is 1030. The number of carbonyl (C=O) groups is 3. The van der Waals surface area contributed by atoms with Crippen LogP contribution in [0.2, 0.25) is 0 Å². The molecule has 0 atom stereocenters. The molecule has 0 bridgehead atoms. The van der Waals surface area contributed by atoms with Gasteiger partial charge in [0.25, 0.3) is 0 Å². The number of amides is 2. The summed E-state index contributed by atoms with van der Waals surface area (Å²) in [7, 11) is 2.47. The molecule has 0 fully saturated rings. The zero-order valence-electron chi connectivity index (χ0n) is 15.8. The van der Waals surface area contributed by atoms with Crippen molar-refractivity contribution in [2.24, 2.45) is 0 Å². The molecule has 0 saturated carbocycles. The highest BCUT2D eigenvalue weighted by Crippen LogP contribution is 2.21. The van der Waals surface area contributed by atoms with Crippen LogP contribution >= 0.6 is 0 Å². The second-order valence-electron chi connectivity index (χ2n) is 5.96. The highest BCUT2D eigenvalue weighted by molar-refractivity contribution is 6.06. The number of esters is 2. The number of anilines is 2. The molecule has 2 N–H and O–H groups in total. The van der Waals surface area contributed by atoms with Crippen molar-refractivity contribution < 1.29 is 23.9 Å². The molecule has 0 unspecified atom stereocenters. The Labute approximate surface area is 167 Å². The van der Waals surface area contributed by atoms with Gasteiger partial charge in [-0.05, 0) is 54.6 Å². The fourth-order valence-corrected chi connectivity index (χ4v) is 2.69. The lowest BCUT2D eigenvalue weighted by atomic mass is 10.1. The molecule has 0 aliphatic rings. The molecule has 8 nitrogen and oxygen atoms in total. The van der Waals surface area contributed by atoms with Crippen LogP contribution in [0.25, 0.3) is 5.69 Å². The van der Waals surface area contributed by atoms with E-state index in [0.29, 0.717) is 5.69 Å². The van der Waals surface area contributed by atoms with E-state index in [-0.39, 0.29) is 16.8 Å². The van der Waals surface area contributed by atoms with Gasteiger partial charge in [-0.2, -0.15) is 0 Å². The number of rotatable bonds is 5. The van der Waals surface area contributed by atoms with E-state index in [1.807, 2.05) is 41.2 Å². The maximum atomic E-state index is 12.4. The normalized spacial score (nSPS) is 10.1. The Morgan fingerprint density at radius 2 is 1.48 bits per heavy atom. The quantitative estimate of drug-likeness (QED) is 0.644. The number of urea groups is 1. The summed E-state index contributed by atoms with van der Waals surface area (Å²) in [5, 5.41) is 5.25. The molecule has 1 aromatic heterocycles. The van der Waals surface area contributed by atoms with Gasteiger partial charge in [0.2, 0.25) is 0 Å². The van der Waals surface area contributed by atoms with Gasteiger partial charge in [-0.15, -0.1) is 0 Å². The maximum Gasteiger partial charge on any atom is 0.339 e. The van der Waals surface area contributed by atoms with Crippen LogP contribution in [-0.4, -0.2) is 36.8 Å². The number of ether oxygens (including phenoxy) is 2. The van der Waals surface area contributed by atoms with Crippen molar-refractivity contribution in [1.82, 2.24) is 4.57 Å². The Morgan fingerprint density at radius 3 is 2.10 bits per heavy atom. The second-order valence-corrected chi connectivity index (χ2v) is 5.96. The molecule has 1 heterocycles. The first-order valence-electron chi connectivity index (χ1n) is 8.64. The van der Waals surface area contributed by atoms with Gasteiger partial charge < -0.3 is 24.7 Å². The third-order valence-corrected chi connectivity index (χ3v) is 4.12. The summed E-state index contributed by atoms with van der Waals surface area (Å²) >= 11 is 0. The Hall–Kier alpha value is -4.07. The van der Waals surface area contributed by atoms with Crippen molar-refractivity contribution in [1.29, 1.82) is 0 Å². The van der Waals surface area contributed by atoms with Gasteiger partial charge in [-0.3, -0.25) is 0 Å². The molecule has 3 aromatic rings. The fourth-order valence-electron chi connectivity index (χ4n) is 2.69. The van der Waals surface area contributed by atoms with Crippen molar-refractivity contribution in [2.45, 2.75) is 0 Å². The Balaban J connectivity index is 1.76. The van der Waals surface area contributed by atoms with Crippen LogP contribution in [-0.2, 0) is 9.47 Å². The molecule has 2 amide bonds. The lowest BCUT2D eigenvalue weighted by Gasteiger charge is -2.12. The molecule has 8 heteroatoms. The van der Waals surface area contributed by atoms with Crippen LogP contribution in [0.1, 0.15) is 20.7 Å². The van der Waals surface area contributed by atoms with E-state index in [0.717, 1.165) is 5.69 Å². The summed E-state index contributed by atoms with van der Waals surface area (Å²) < 4.78 is 11.3. The molecular weight excluding hydrogens is 374 g/mol. The van der Waals surface area contributed by atoms with Crippen LogP contribution < -0.4 is 10.6 Å². The zero-order valence-corrected chi connectivity index (χ0v) is 15.8. The lowest BCUT2D eigenvalue weighted by Crippen LogP contribution is -2.21. The van der Waals surface area contributed by atoms with Crippen LogP contribution in [0.5, 0.6) is 0 Å². The molecule has 0 saturated heterocycles. The van der Waals surface area contributed by atoms with Gasteiger partial charge in [0.05, 0.1) is 31.0 Å². The predicted octanol–water partition coefficient (Wildman–Crippen LogP) is 3.69. The molecule has 29 heavy (non-hydrogen) atoms. The molecular formula is C21H19N3O5. The average Bonchev–Trinajstić information content (AvgIpc) is 3.28. The third kappa shape index (κ3) is 4.62.